The van der Waals surface area contributed by atoms with Gasteiger partial charge in [-0.25, -0.2) is 0 Å². The fourth-order valence-corrected chi connectivity index (χ4v) is 2.24. The molecule has 0 amide bonds. The van der Waals surface area contributed by atoms with Crippen LogP contribution < -0.4 is 0 Å². The van der Waals surface area contributed by atoms with E-state index in [2.05, 4.69) is 20.0 Å². The fraction of sp³-hybridized carbons (Fsp3) is 1.00. The molecule has 1 fully saturated rings. The lowest BCUT2D eigenvalue weighted by molar-refractivity contribution is 0.204. The second-order valence-electron chi connectivity index (χ2n) is 3.12. The molecule has 0 unspecified atom stereocenters. The molecule has 0 atom stereocenters. The molecule has 0 bridgehead atoms. The highest BCUT2D eigenvalue weighted by atomic mass is 28.3. The molecule has 1 nitrogen and oxygen atoms in total. The second kappa shape index (κ2) is 1.85. The first-order chi connectivity index (χ1) is 3.62. The van der Waals surface area contributed by atoms with Gasteiger partial charge in [0.25, 0.3) is 0 Å². The van der Waals surface area contributed by atoms with E-state index in [9.17, 15) is 0 Å². The van der Waals surface area contributed by atoms with Gasteiger partial charge in [-0.2, -0.15) is 0 Å². The van der Waals surface area contributed by atoms with Crippen molar-refractivity contribution in [2.75, 3.05) is 0 Å². The zero-order chi connectivity index (χ0) is 6.20. The first-order valence-corrected chi connectivity index (χ1v) is 6.08. The van der Waals surface area contributed by atoms with Crippen molar-refractivity contribution in [1.29, 1.82) is 0 Å². The summed E-state index contributed by atoms with van der Waals surface area (Å²) in [5.41, 5.74) is 0.334. The Morgan fingerprint density at radius 3 is 2.00 bits per heavy atom. The molecule has 1 saturated carbocycles. The molecule has 48 valence electrons. The Balaban J connectivity index is 2.19. The molecule has 0 N–H and O–H groups in total. The van der Waals surface area contributed by atoms with E-state index in [0.717, 1.165) is 0 Å². The SMILES string of the molecule is C[SiH](C)OC1(C)CC1. The molecule has 0 aromatic rings. The summed E-state index contributed by atoms with van der Waals surface area (Å²) in [6, 6.07) is 0. The molecular formula is C6H14OSi. The Labute approximate surface area is 52.8 Å². The van der Waals surface area contributed by atoms with Gasteiger partial charge in [-0.15, -0.1) is 0 Å². The molecule has 0 spiro atoms. The average Bonchev–Trinajstić information content (AvgIpc) is 2.17. The highest BCUT2D eigenvalue weighted by molar-refractivity contribution is 6.48. The standard InChI is InChI=1S/C6H14OSi/c1-6(4-5-6)7-8(2)3/h8H,4-5H2,1-3H3. The van der Waals surface area contributed by atoms with Gasteiger partial charge in [0.2, 0.25) is 0 Å². The van der Waals surface area contributed by atoms with E-state index in [-0.39, 0.29) is 0 Å². The number of hydrogen-bond acceptors (Lipinski definition) is 1. The molecule has 1 aliphatic carbocycles. The van der Waals surface area contributed by atoms with Crippen molar-refractivity contribution in [1.82, 2.24) is 0 Å². The quantitative estimate of drug-likeness (QED) is 0.515. The Morgan fingerprint density at radius 1 is 1.38 bits per heavy atom. The molecule has 1 rings (SSSR count). The normalized spacial score (nSPS) is 24.0. The summed E-state index contributed by atoms with van der Waals surface area (Å²) < 4.78 is 5.69. The minimum absolute atomic E-state index is 0.334. The Morgan fingerprint density at radius 2 is 1.88 bits per heavy atom. The van der Waals surface area contributed by atoms with Crippen molar-refractivity contribution in [3.05, 3.63) is 0 Å². The van der Waals surface area contributed by atoms with Crippen LogP contribution in [-0.4, -0.2) is 14.6 Å². The van der Waals surface area contributed by atoms with Crippen LogP contribution >= 0.6 is 0 Å². The largest absolute Gasteiger partial charge is 0.415 e. The smallest absolute Gasteiger partial charge is 0.171 e. The van der Waals surface area contributed by atoms with Gasteiger partial charge in [0.1, 0.15) is 0 Å². The minimum Gasteiger partial charge on any atom is -0.415 e. The Bertz CT molecular complexity index is 86.5. The van der Waals surface area contributed by atoms with Gasteiger partial charge in [0.15, 0.2) is 9.04 Å². The summed E-state index contributed by atoms with van der Waals surface area (Å²) in [5.74, 6) is 0. The van der Waals surface area contributed by atoms with Crippen molar-refractivity contribution in [3.63, 3.8) is 0 Å². The summed E-state index contributed by atoms with van der Waals surface area (Å²) in [6.07, 6.45) is 2.58. The van der Waals surface area contributed by atoms with E-state index < -0.39 is 9.04 Å². The van der Waals surface area contributed by atoms with Gasteiger partial charge < -0.3 is 4.43 Å². The molecule has 8 heavy (non-hydrogen) atoms. The van der Waals surface area contributed by atoms with Crippen LogP contribution in [0.4, 0.5) is 0 Å². The number of rotatable bonds is 2. The third-order valence-corrected chi connectivity index (χ3v) is 2.51. The second-order valence-corrected chi connectivity index (χ2v) is 5.45. The maximum absolute atomic E-state index is 5.69. The van der Waals surface area contributed by atoms with E-state index in [0.29, 0.717) is 5.60 Å². The summed E-state index contributed by atoms with van der Waals surface area (Å²) >= 11 is 0. The first-order valence-electron chi connectivity index (χ1n) is 3.30. The monoisotopic (exact) mass is 130 g/mol. The average molecular weight is 130 g/mol. The maximum atomic E-state index is 5.69. The Hall–Kier alpha value is 0.177. The molecule has 0 aliphatic heterocycles. The van der Waals surface area contributed by atoms with Gasteiger partial charge in [-0.3, -0.25) is 0 Å². The summed E-state index contributed by atoms with van der Waals surface area (Å²) in [7, 11) is -0.733. The van der Waals surface area contributed by atoms with Crippen molar-refractivity contribution in [3.8, 4) is 0 Å². The zero-order valence-corrected chi connectivity index (χ0v) is 7.05. The highest BCUT2D eigenvalue weighted by Crippen LogP contribution is 2.38. The lowest BCUT2D eigenvalue weighted by atomic mass is 10.4. The first kappa shape index (κ1) is 6.30. The van der Waals surface area contributed by atoms with Crippen molar-refractivity contribution >= 4 is 9.04 Å². The predicted molar refractivity (Wildman–Crippen MR) is 37.6 cm³/mol. The van der Waals surface area contributed by atoms with E-state index >= 15 is 0 Å². The van der Waals surface area contributed by atoms with Crippen LogP contribution in [-0.2, 0) is 4.43 Å². The molecule has 0 aromatic carbocycles. The van der Waals surface area contributed by atoms with Crippen LogP contribution in [0.3, 0.4) is 0 Å². The van der Waals surface area contributed by atoms with Crippen LogP contribution in [0.15, 0.2) is 0 Å². The molecule has 1 aliphatic rings. The molecule has 0 radical (unpaired) electrons. The van der Waals surface area contributed by atoms with Gasteiger partial charge in [-0.05, 0) is 32.9 Å². The van der Waals surface area contributed by atoms with Crippen LogP contribution in [0.5, 0.6) is 0 Å². The van der Waals surface area contributed by atoms with Gasteiger partial charge >= 0.3 is 0 Å². The van der Waals surface area contributed by atoms with Gasteiger partial charge in [-0.1, -0.05) is 0 Å². The highest BCUT2D eigenvalue weighted by Gasteiger charge is 2.38. The van der Waals surface area contributed by atoms with Crippen molar-refractivity contribution < 1.29 is 4.43 Å². The maximum Gasteiger partial charge on any atom is 0.171 e. The molecule has 0 saturated heterocycles. The third kappa shape index (κ3) is 1.60. The lowest BCUT2D eigenvalue weighted by Crippen LogP contribution is -2.18. The van der Waals surface area contributed by atoms with Crippen LogP contribution in [0.25, 0.3) is 0 Å². The molecular weight excluding hydrogens is 116 g/mol. The third-order valence-electron chi connectivity index (χ3n) is 1.47. The van der Waals surface area contributed by atoms with Crippen molar-refractivity contribution in [2.45, 2.75) is 38.5 Å². The Kier molecular flexibility index (Phi) is 1.45. The van der Waals surface area contributed by atoms with E-state index in [1.165, 1.54) is 12.8 Å². The summed E-state index contributed by atoms with van der Waals surface area (Å²) in [6.45, 7) is 6.66. The van der Waals surface area contributed by atoms with E-state index in [1.807, 2.05) is 0 Å². The van der Waals surface area contributed by atoms with E-state index in [4.69, 9.17) is 4.43 Å². The topological polar surface area (TPSA) is 9.23 Å². The molecule has 0 aromatic heterocycles. The number of hydrogen-bond donors (Lipinski definition) is 0. The van der Waals surface area contributed by atoms with Gasteiger partial charge in [0.05, 0.1) is 5.60 Å². The van der Waals surface area contributed by atoms with Crippen molar-refractivity contribution in [2.24, 2.45) is 0 Å². The fourth-order valence-electron chi connectivity index (χ4n) is 0.863. The van der Waals surface area contributed by atoms with Crippen LogP contribution in [0.1, 0.15) is 19.8 Å². The summed E-state index contributed by atoms with van der Waals surface area (Å²) in [5, 5.41) is 0. The zero-order valence-electron chi connectivity index (χ0n) is 5.90. The molecule has 0 heterocycles. The van der Waals surface area contributed by atoms with Crippen LogP contribution in [0.2, 0.25) is 13.1 Å². The minimum atomic E-state index is -0.733. The lowest BCUT2D eigenvalue weighted by Gasteiger charge is -2.12. The van der Waals surface area contributed by atoms with E-state index in [1.54, 1.807) is 0 Å². The predicted octanol–water partition coefficient (Wildman–Crippen LogP) is 1.54. The van der Waals surface area contributed by atoms with Gasteiger partial charge in [0, 0.05) is 0 Å². The van der Waals surface area contributed by atoms with Crippen LogP contribution in [0, 0.1) is 0 Å². The summed E-state index contributed by atoms with van der Waals surface area (Å²) in [4.78, 5) is 0. The molecule has 2 heteroatoms.